The Labute approximate surface area is 116 Å². The van der Waals surface area contributed by atoms with Crippen LogP contribution in [0.15, 0.2) is 54.6 Å². The number of aliphatic hydroxyl groups is 1. The van der Waals surface area contributed by atoms with E-state index in [0.717, 1.165) is 11.0 Å². The Bertz CT molecular complexity index is 748. The van der Waals surface area contributed by atoms with Crippen LogP contribution < -0.4 is 0 Å². The number of carbonyl (C=O) groups is 1. The van der Waals surface area contributed by atoms with Crippen LogP contribution in [0.3, 0.4) is 0 Å². The first-order valence-corrected chi connectivity index (χ1v) is 6.48. The lowest BCUT2D eigenvalue weighted by Gasteiger charge is -2.07. The molecule has 0 atom stereocenters. The van der Waals surface area contributed by atoms with Gasteiger partial charge in [0.25, 0.3) is 5.91 Å². The number of fused-ring (bicyclic) bond motifs is 1. The number of aromatic nitrogens is 2. The van der Waals surface area contributed by atoms with Crippen molar-refractivity contribution >= 4 is 16.9 Å². The molecule has 2 aromatic carbocycles. The molecule has 3 aromatic rings. The molecule has 0 spiro atoms. The first-order chi connectivity index (χ1) is 9.81. The molecule has 0 bridgehead atoms. The zero-order valence-corrected chi connectivity index (χ0v) is 10.9. The van der Waals surface area contributed by atoms with Gasteiger partial charge in [-0.1, -0.05) is 30.3 Å². The molecule has 0 saturated heterocycles. The highest BCUT2D eigenvalue weighted by Crippen LogP contribution is 2.18. The van der Waals surface area contributed by atoms with Gasteiger partial charge in [0, 0.05) is 12.0 Å². The van der Waals surface area contributed by atoms with Crippen molar-refractivity contribution in [2.24, 2.45) is 0 Å². The average Bonchev–Trinajstić information content (AvgIpc) is 2.86. The minimum Gasteiger partial charge on any atom is -0.396 e. The summed E-state index contributed by atoms with van der Waals surface area (Å²) in [4.78, 5) is 17.1. The smallest absolute Gasteiger partial charge is 0.263 e. The molecule has 0 amide bonds. The maximum Gasteiger partial charge on any atom is 0.263 e. The van der Waals surface area contributed by atoms with Crippen LogP contribution in [-0.2, 0) is 6.42 Å². The fourth-order valence-corrected chi connectivity index (χ4v) is 2.28. The van der Waals surface area contributed by atoms with Crippen molar-refractivity contribution in [3.05, 3.63) is 66.0 Å². The predicted octanol–water partition coefficient (Wildman–Crippen LogP) is 2.26. The Morgan fingerprint density at radius 1 is 1.05 bits per heavy atom. The van der Waals surface area contributed by atoms with Crippen LogP contribution in [0, 0.1) is 0 Å². The van der Waals surface area contributed by atoms with Crippen molar-refractivity contribution in [2.75, 3.05) is 6.61 Å². The monoisotopic (exact) mass is 266 g/mol. The van der Waals surface area contributed by atoms with Gasteiger partial charge in [0.15, 0.2) is 0 Å². The molecular formula is C16H14N2O2. The van der Waals surface area contributed by atoms with Crippen molar-refractivity contribution in [3.63, 3.8) is 0 Å². The molecule has 1 heterocycles. The van der Waals surface area contributed by atoms with Crippen LogP contribution >= 0.6 is 0 Å². The van der Waals surface area contributed by atoms with Gasteiger partial charge in [0.2, 0.25) is 0 Å². The van der Waals surface area contributed by atoms with E-state index in [-0.39, 0.29) is 12.5 Å². The summed E-state index contributed by atoms with van der Waals surface area (Å²) in [6.07, 6.45) is 0.354. The van der Waals surface area contributed by atoms with E-state index in [0.29, 0.717) is 17.8 Å². The molecule has 0 saturated carbocycles. The van der Waals surface area contributed by atoms with Gasteiger partial charge >= 0.3 is 0 Å². The van der Waals surface area contributed by atoms with E-state index >= 15 is 0 Å². The van der Waals surface area contributed by atoms with Gasteiger partial charge in [-0.2, -0.15) is 0 Å². The highest BCUT2D eigenvalue weighted by molar-refractivity contribution is 6.01. The molecule has 20 heavy (non-hydrogen) atoms. The third-order valence-electron chi connectivity index (χ3n) is 3.19. The highest BCUT2D eigenvalue weighted by atomic mass is 16.3. The summed E-state index contributed by atoms with van der Waals surface area (Å²) in [5.41, 5.74) is 2.14. The van der Waals surface area contributed by atoms with Gasteiger partial charge in [-0.25, -0.2) is 4.98 Å². The molecule has 1 aromatic heterocycles. The third kappa shape index (κ3) is 2.10. The first kappa shape index (κ1) is 12.6. The van der Waals surface area contributed by atoms with Gasteiger partial charge in [-0.3, -0.25) is 9.36 Å². The van der Waals surface area contributed by atoms with E-state index in [9.17, 15) is 4.79 Å². The molecule has 3 rings (SSSR count). The SMILES string of the molecule is O=C(c1ccccc1)n1c(CCO)nc2ccccc21. The molecule has 0 fully saturated rings. The van der Waals surface area contributed by atoms with E-state index in [4.69, 9.17) is 5.11 Å². The molecule has 0 aliphatic rings. The normalized spacial score (nSPS) is 10.8. The van der Waals surface area contributed by atoms with E-state index < -0.39 is 0 Å². The Hall–Kier alpha value is -2.46. The van der Waals surface area contributed by atoms with Crippen molar-refractivity contribution in [1.29, 1.82) is 0 Å². The number of hydrogen-bond acceptors (Lipinski definition) is 3. The zero-order valence-electron chi connectivity index (χ0n) is 10.9. The van der Waals surface area contributed by atoms with Gasteiger partial charge in [-0.05, 0) is 24.3 Å². The largest absolute Gasteiger partial charge is 0.396 e. The molecule has 0 aliphatic carbocycles. The Morgan fingerprint density at radius 2 is 1.75 bits per heavy atom. The molecule has 0 aliphatic heterocycles. The Balaban J connectivity index is 2.18. The van der Waals surface area contributed by atoms with Gasteiger partial charge in [0.05, 0.1) is 17.6 Å². The quantitative estimate of drug-likeness (QED) is 0.791. The van der Waals surface area contributed by atoms with Crippen LogP contribution in [0.4, 0.5) is 0 Å². The van der Waals surface area contributed by atoms with E-state index in [2.05, 4.69) is 4.98 Å². The Kier molecular flexibility index (Phi) is 3.31. The molecular weight excluding hydrogens is 252 g/mol. The zero-order chi connectivity index (χ0) is 13.9. The molecule has 0 unspecified atom stereocenters. The summed E-state index contributed by atoms with van der Waals surface area (Å²) in [6.45, 7) is -0.0363. The van der Waals surface area contributed by atoms with Gasteiger partial charge < -0.3 is 5.11 Å². The number of nitrogens with zero attached hydrogens (tertiary/aromatic N) is 2. The van der Waals surface area contributed by atoms with Crippen molar-refractivity contribution < 1.29 is 9.90 Å². The molecule has 100 valence electrons. The lowest BCUT2D eigenvalue weighted by molar-refractivity contribution is 0.0960. The Morgan fingerprint density at radius 3 is 2.50 bits per heavy atom. The first-order valence-electron chi connectivity index (χ1n) is 6.48. The van der Waals surface area contributed by atoms with Gasteiger partial charge in [-0.15, -0.1) is 0 Å². The average molecular weight is 266 g/mol. The number of aliphatic hydroxyl groups excluding tert-OH is 1. The molecule has 0 radical (unpaired) electrons. The van der Waals surface area contributed by atoms with Crippen molar-refractivity contribution in [3.8, 4) is 0 Å². The van der Waals surface area contributed by atoms with Crippen LogP contribution in [-0.4, -0.2) is 27.2 Å². The predicted molar refractivity (Wildman–Crippen MR) is 76.7 cm³/mol. The third-order valence-corrected chi connectivity index (χ3v) is 3.19. The van der Waals surface area contributed by atoms with E-state index in [1.165, 1.54) is 0 Å². The van der Waals surface area contributed by atoms with Crippen molar-refractivity contribution in [1.82, 2.24) is 9.55 Å². The lowest BCUT2D eigenvalue weighted by atomic mass is 10.2. The minimum absolute atomic E-state index is 0.0363. The molecule has 4 heteroatoms. The van der Waals surface area contributed by atoms with Crippen LogP contribution in [0.2, 0.25) is 0 Å². The van der Waals surface area contributed by atoms with E-state index in [1.807, 2.05) is 42.5 Å². The molecule has 4 nitrogen and oxygen atoms in total. The fraction of sp³-hybridized carbons (Fsp3) is 0.125. The second-order valence-electron chi connectivity index (χ2n) is 4.50. The minimum atomic E-state index is -0.122. The topological polar surface area (TPSA) is 55.1 Å². The summed E-state index contributed by atoms with van der Waals surface area (Å²) in [7, 11) is 0. The lowest BCUT2D eigenvalue weighted by Crippen LogP contribution is -2.16. The summed E-state index contributed by atoms with van der Waals surface area (Å²) in [6, 6.07) is 16.6. The standard InChI is InChI=1S/C16H14N2O2/c19-11-10-15-17-13-8-4-5-9-14(13)18(15)16(20)12-6-2-1-3-7-12/h1-9,19H,10-11H2. The number of rotatable bonds is 3. The molecule has 1 N–H and O–H groups in total. The maximum atomic E-state index is 12.7. The summed E-state index contributed by atoms with van der Waals surface area (Å²) in [5, 5.41) is 9.16. The maximum absolute atomic E-state index is 12.7. The van der Waals surface area contributed by atoms with Crippen LogP contribution in [0.25, 0.3) is 11.0 Å². The number of para-hydroxylation sites is 2. The second-order valence-corrected chi connectivity index (χ2v) is 4.50. The van der Waals surface area contributed by atoms with E-state index in [1.54, 1.807) is 16.7 Å². The number of carbonyl (C=O) groups excluding carboxylic acids is 1. The van der Waals surface area contributed by atoms with Crippen LogP contribution in [0.5, 0.6) is 0 Å². The number of imidazole rings is 1. The second kappa shape index (κ2) is 5.27. The highest BCUT2D eigenvalue weighted by Gasteiger charge is 2.17. The summed E-state index contributed by atoms with van der Waals surface area (Å²) in [5.74, 6) is 0.463. The van der Waals surface area contributed by atoms with Gasteiger partial charge in [0.1, 0.15) is 5.82 Å². The number of hydrogen-bond donors (Lipinski definition) is 1. The van der Waals surface area contributed by atoms with Crippen LogP contribution in [0.1, 0.15) is 16.2 Å². The number of benzene rings is 2. The fourth-order valence-electron chi connectivity index (χ4n) is 2.28. The van der Waals surface area contributed by atoms with Crippen molar-refractivity contribution in [2.45, 2.75) is 6.42 Å². The summed E-state index contributed by atoms with van der Waals surface area (Å²) >= 11 is 0. The summed E-state index contributed by atoms with van der Waals surface area (Å²) < 4.78 is 1.58.